The van der Waals surface area contributed by atoms with Crippen LogP contribution in [0.5, 0.6) is 5.95 Å². The van der Waals surface area contributed by atoms with Gasteiger partial charge in [-0.3, -0.25) is 9.78 Å². The summed E-state index contributed by atoms with van der Waals surface area (Å²) in [4.78, 5) is 14.4. The second-order valence-electron chi connectivity index (χ2n) is 3.47. The second-order valence-corrected chi connectivity index (χ2v) is 3.47. The van der Waals surface area contributed by atoms with Gasteiger partial charge in [-0.2, -0.15) is 0 Å². The first-order valence-electron chi connectivity index (χ1n) is 4.85. The monoisotopic (exact) mass is 217 g/mol. The summed E-state index contributed by atoms with van der Waals surface area (Å²) in [7, 11) is 0. The Morgan fingerprint density at radius 2 is 1.94 bits per heavy atom. The van der Waals surface area contributed by atoms with Crippen LogP contribution in [0.1, 0.15) is 11.4 Å². The molecular formula is C12H11NO3. The SMILES string of the molecule is Cc1cc(-c2ccc(OC=O)o2)cc(C)n1. The lowest BCUT2D eigenvalue weighted by Crippen LogP contribution is -1.87. The van der Waals surface area contributed by atoms with Crippen LogP contribution in [0.4, 0.5) is 0 Å². The Morgan fingerprint density at radius 1 is 1.25 bits per heavy atom. The van der Waals surface area contributed by atoms with E-state index >= 15 is 0 Å². The Balaban J connectivity index is 2.38. The molecule has 0 saturated heterocycles. The van der Waals surface area contributed by atoms with E-state index in [0.29, 0.717) is 12.2 Å². The van der Waals surface area contributed by atoms with Crippen molar-refractivity contribution < 1.29 is 13.9 Å². The number of nitrogens with zero attached hydrogens (tertiary/aromatic N) is 1. The molecule has 0 unspecified atom stereocenters. The van der Waals surface area contributed by atoms with Crippen molar-refractivity contribution in [2.24, 2.45) is 0 Å². The maximum atomic E-state index is 10.1. The molecule has 2 aromatic rings. The van der Waals surface area contributed by atoms with Gasteiger partial charge in [-0.25, -0.2) is 0 Å². The van der Waals surface area contributed by atoms with E-state index in [9.17, 15) is 4.79 Å². The Labute approximate surface area is 92.9 Å². The molecule has 82 valence electrons. The van der Waals surface area contributed by atoms with E-state index < -0.39 is 0 Å². The van der Waals surface area contributed by atoms with Gasteiger partial charge in [0, 0.05) is 23.0 Å². The number of carbonyl (C=O) groups is 1. The lowest BCUT2D eigenvalue weighted by molar-refractivity contribution is -0.121. The number of ether oxygens (including phenoxy) is 1. The zero-order valence-corrected chi connectivity index (χ0v) is 9.06. The molecule has 0 saturated carbocycles. The van der Waals surface area contributed by atoms with Gasteiger partial charge in [0.25, 0.3) is 5.95 Å². The molecule has 4 nitrogen and oxygen atoms in total. The summed E-state index contributed by atoms with van der Waals surface area (Å²) in [6.07, 6.45) is 0. The van der Waals surface area contributed by atoms with Gasteiger partial charge in [0.2, 0.25) is 0 Å². The first kappa shape index (κ1) is 10.4. The Bertz CT molecular complexity index is 496. The summed E-state index contributed by atoms with van der Waals surface area (Å²) in [5, 5.41) is 0. The Kier molecular flexibility index (Phi) is 2.72. The van der Waals surface area contributed by atoms with Gasteiger partial charge in [-0.15, -0.1) is 0 Å². The number of aromatic nitrogens is 1. The third-order valence-electron chi connectivity index (χ3n) is 2.11. The number of carbonyl (C=O) groups excluding carboxylic acids is 1. The van der Waals surface area contributed by atoms with E-state index in [-0.39, 0.29) is 5.95 Å². The normalized spacial score (nSPS) is 10.1. The summed E-state index contributed by atoms with van der Waals surface area (Å²) in [5.74, 6) is 0.850. The predicted octanol–water partition coefficient (Wildman–Crippen LogP) is 2.49. The van der Waals surface area contributed by atoms with Crippen molar-refractivity contribution in [2.75, 3.05) is 0 Å². The molecule has 16 heavy (non-hydrogen) atoms. The van der Waals surface area contributed by atoms with Gasteiger partial charge in [-0.05, 0) is 32.0 Å². The molecule has 0 atom stereocenters. The van der Waals surface area contributed by atoms with Crippen molar-refractivity contribution in [1.82, 2.24) is 4.98 Å². The first-order valence-corrected chi connectivity index (χ1v) is 4.85. The highest BCUT2D eigenvalue weighted by Crippen LogP contribution is 2.26. The molecular weight excluding hydrogens is 206 g/mol. The van der Waals surface area contributed by atoms with E-state index in [1.54, 1.807) is 12.1 Å². The zero-order valence-electron chi connectivity index (χ0n) is 9.06. The number of rotatable bonds is 3. The quantitative estimate of drug-likeness (QED) is 0.741. The summed E-state index contributed by atoms with van der Waals surface area (Å²) in [6, 6.07) is 7.19. The van der Waals surface area contributed by atoms with Crippen LogP contribution in [0.25, 0.3) is 11.3 Å². The van der Waals surface area contributed by atoms with Crippen molar-refractivity contribution in [3.05, 3.63) is 35.7 Å². The highest BCUT2D eigenvalue weighted by atomic mass is 16.6. The third kappa shape index (κ3) is 2.11. The molecule has 2 aromatic heterocycles. The smallest absolute Gasteiger partial charge is 0.300 e. The Morgan fingerprint density at radius 3 is 2.56 bits per heavy atom. The Hall–Kier alpha value is -2.10. The van der Waals surface area contributed by atoms with E-state index in [4.69, 9.17) is 4.42 Å². The first-order chi connectivity index (χ1) is 7.69. The average Bonchev–Trinajstić information content (AvgIpc) is 2.65. The van der Waals surface area contributed by atoms with Crippen LogP contribution >= 0.6 is 0 Å². The van der Waals surface area contributed by atoms with Crippen LogP contribution in [-0.2, 0) is 4.79 Å². The number of pyridine rings is 1. The molecule has 0 spiro atoms. The molecule has 0 amide bonds. The van der Waals surface area contributed by atoms with Crippen LogP contribution < -0.4 is 4.74 Å². The van der Waals surface area contributed by atoms with Gasteiger partial charge in [0.15, 0.2) is 0 Å². The lowest BCUT2D eigenvalue weighted by Gasteiger charge is -2.00. The number of furan rings is 1. The van der Waals surface area contributed by atoms with Gasteiger partial charge in [0.05, 0.1) is 0 Å². The van der Waals surface area contributed by atoms with E-state index in [1.165, 1.54) is 0 Å². The molecule has 0 N–H and O–H groups in total. The molecule has 2 heterocycles. The molecule has 0 aliphatic rings. The minimum atomic E-state index is 0.192. The zero-order chi connectivity index (χ0) is 11.5. The van der Waals surface area contributed by atoms with Crippen molar-refractivity contribution in [2.45, 2.75) is 13.8 Å². The molecule has 0 fully saturated rings. The fraction of sp³-hybridized carbons (Fsp3) is 0.167. The van der Waals surface area contributed by atoms with Crippen LogP contribution in [0.2, 0.25) is 0 Å². The van der Waals surface area contributed by atoms with E-state index in [0.717, 1.165) is 17.0 Å². The predicted molar refractivity (Wildman–Crippen MR) is 58.1 cm³/mol. The summed E-state index contributed by atoms with van der Waals surface area (Å²) >= 11 is 0. The summed E-state index contributed by atoms with van der Waals surface area (Å²) < 4.78 is 9.94. The number of aryl methyl sites for hydroxylation is 2. The van der Waals surface area contributed by atoms with Gasteiger partial charge < -0.3 is 9.15 Å². The molecule has 0 radical (unpaired) electrons. The van der Waals surface area contributed by atoms with Crippen molar-refractivity contribution in [1.29, 1.82) is 0 Å². The highest BCUT2D eigenvalue weighted by molar-refractivity contribution is 5.59. The van der Waals surface area contributed by atoms with E-state index in [1.807, 2.05) is 26.0 Å². The molecule has 0 aliphatic carbocycles. The summed E-state index contributed by atoms with van der Waals surface area (Å²) in [5.41, 5.74) is 2.76. The largest absolute Gasteiger partial charge is 0.425 e. The van der Waals surface area contributed by atoms with Crippen LogP contribution in [-0.4, -0.2) is 11.5 Å². The highest BCUT2D eigenvalue weighted by Gasteiger charge is 2.06. The standard InChI is InChI=1S/C12H11NO3/c1-8-5-10(6-9(2)13-8)11-3-4-12(16-11)15-7-14/h3-7H,1-2H3. The van der Waals surface area contributed by atoms with Crippen molar-refractivity contribution in [3.63, 3.8) is 0 Å². The fourth-order valence-electron chi connectivity index (χ4n) is 1.56. The van der Waals surface area contributed by atoms with E-state index in [2.05, 4.69) is 9.72 Å². The van der Waals surface area contributed by atoms with Crippen molar-refractivity contribution in [3.8, 4) is 17.3 Å². The molecule has 2 rings (SSSR count). The van der Waals surface area contributed by atoms with Crippen LogP contribution in [0, 0.1) is 13.8 Å². The van der Waals surface area contributed by atoms with Crippen LogP contribution in [0.15, 0.2) is 28.7 Å². The average molecular weight is 217 g/mol. The van der Waals surface area contributed by atoms with Crippen LogP contribution in [0.3, 0.4) is 0 Å². The molecule has 0 bridgehead atoms. The maximum absolute atomic E-state index is 10.1. The second kappa shape index (κ2) is 4.18. The topological polar surface area (TPSA) is 52.3 Å². The molecule has 0 aliphatic heterocycles. The number of hydrogen-bond acceptors (Lipinski definition) is 4. The third-order valence-corrected chi connectivity index (χ3v) is 2.11. The molecule has 0 aromatic carbocycles. The van der Waals surface area contributed by atoms with Gasteiger partial charge in [0.1, 0.15) is 5.76 Å². The maximum Gasteiger partial charge on any atom is 0.300 e. The minimum absolute atomic E-state index is 0.192. The lowest BCUT2D eigenvalue weighted by atomic mass is 10.1. The number of hydrogen-bond donors (Lipinski definition) is 0. The van der Waals surface area contributed by atoms with Gasteiger partial charge in [-0.1, -0.05) is 0 Å². The van der Waals surface area contributed by atoms with Gasteiger partial charge >= 0.3 is 6.47 Å². The fourth-order valence-corrected chi connectivity index (χ4v) is 1.56. The molecule has 4 heteroatoms. The van der Waals surface area contributed by atoms with Crippen molar-refractivity contribution >= 4 is 6.47 Å². The summed E-state index contributed by atoms with van der Waals surface area (Å²) in [6.45, 7) is 4.18. The minimum Gasteiger partial charge on any atom is -0.425 e.